The Hall–Kier alpha value is -1.65. The molecule has 0 aliphatic rings. The number of methoxy groups -OCH3 is 1. The molecule has 1 heterocycles. The molecule has 33 heavy (non-hydrogen) atoms. The number of aromatic hydroxyl groups is 1. The monoisotopic (exact) mass is 517 g/mol. The van der Waals surface area contributed by atoms with Crippen molar-refractivity contribution in [2.24, 2.45) is 0 Å². The molecular formula is C23H33Cl2N3O4S. The number of aliphatic hydroxyl groups excluding tert-OH is 1. The number of halogens is 2. The van der Waals surface area contributed by atoms with Crippen LogP contribution in [0, 0.1) is 0 Å². The molecule has 4 N–H and O–H groups in total. The van der Waals surface area contributed by atoms with Gasteiger partial charge in [0.15, 0.2) is 0 Å². The number of aromatic nitrogens is 1. The van der Waals surface area contributed by atoms with Gasteiger partial charge in [-0.3, -0.25) is 15.0 Å². The fourth-order valence-electron chi connectivity index (χ4n) is 3.73. The van der Waals surface area contributed by atoms with Gasteiger partial charge in [0.1, 0.15) is 17.5 Å². The van der Waals surface area contributed by atoms with E-state index in [2.05, 4.69) is 46.4 Å². The highest BCUT2D eigenvalue weighted by Crippen LogP contribution is 2.28. The second-order valence-electron chi connectivity index (χ2n) is 7.68. The van der Waals surface area contributed by atoms with Gasteiger partial charge in [-0.15, -0.1) is 24.8 Å². The number of nitrogens with zero attached hydrogens (tertiary/aromatic N) is 1. The van der Waals surface area contributed by atoms with Crippen LogP contribution >= 0.6 is 36.2 Å². The molecule has 1 unspecified atom stereocenters. The van der Waals surface area contributed by atoms with Crippen LogP contribution in [0.4, 0.5) is 0 Å². The van der Waals surface area contributed by atoms with Crippen LogP contribution in [0.3, 0.4) is 0 Å². The number of rotatable bonds is 12. The second kappa shape index (κ2) is 14.6. The zero-order valence-electron chi connectivity index (χ0n) is 18.9. The third-order valence-electron chi connectivity index (χ3n) is 5.10. The number of thiazole rings is 1. The number of H-pyrrole nitrogens is 1. The summed E-state index contributed by atoms with van der Waals surface area (Å²) in [6.45, 7) is 5.25. The molecule has 3 rings (SSSR count). The maximum absolute atomic E-state index is 11.6. The van der Waals surface area contributed by atoms with Crippen molar-refractivity contribution in [3.63, 3.8) is 0 Å². The molecule has 184 valence electrons. The lowest BCUT2D eigenvalue weighted by Gasteiger charge is -2.21. The summed E-state index contributed by atoms with van der Waals surface area (Å²) >= 11 is 1.05. The van der Waals surface area contributed by atoms with Crippen LogP contribution in [0.1, 0.15) is 30.0 Å². The summed E-state index contributed by atoms with van der Waals surface area (Å²) in [5.74, 6) is 0.0439. The van der Waals surface area contributed by atoms with E-state index >= 15 is 0 Å². The third-order valence-corrected chi connectivity index (χ3v) is 6.05. The van der Waals surface area contributed by atoms with Gasteiger partial charge in [-0.1, -0.05) is 48.6 Å². The standard InChI is InChI=1S/C23H31N3O4S.2ClH/c1-3-11-26(15-30-2)14-17-6-4-5-16(12-17)9-10-24-20(28)13-18-7-8-19(27)21-22(18)31-23(29)25-21;;/h4-8,12,20,24,27-28H,3,9-11,13-15H2,1-2H3,(H,25,29);2*1H. The number of benzene rings is 2. The van der Waals surface area contributed by atoms with Crippen molar-refractivity contribution in [1.82, 2.24) is 15.2 Å². The Morgan fingerprint density at radius 3 is 2.70 bits per heavy atom. The number of phenols is 1. The quantitative estimate of drug-likeness (QED) is 0.274. The first-order chi connectivity index (χ1) is 15.0. The number of hydrogen-bond donors (Lipinski definition) is 4. The summed E-state index contributed by atoms with van der Waals surface area (Å²) in [6, 6.07) is 11.8. The van der Waals surface area contributed by atoms with E-state index in [0.717, 1.165) is 42.8 Å². The lowest BCUT2D eigenvalue weighted by Crippen LogP contribution is -2.32. The molecule has 0 saturated heterocycles. The summed E-state index contributed by atoms with van der Waals surface area (Å²) in [6.07, 6.45) is 1.49. The highest BCUT2D eigenvalue weighted by atomic mass is 35.5. The van der Waals surface area contributed by atoms with Gasteiger partial charge >= 0.3 is 4.87 Å². The minimum absolute atomic E-state index is 0. The predicted molar refractivity (Wildman–Crippen MR) is 139 cm³/mol. The van der Waals surface area contributed by atoms with Crippen molar-refractivity contribution in [2.75, 3.05) is 26.9 Å². The maximum Gasteiger partial charge on any atom is 0.305 e. The lowest BCUT2D eigenvalue weighted by atomic mass is 10.1. The molecule has 0 fully saturated rings. The highest BCUT2D eigenvalue weighted by molar-refractivity contribution is 7.16. The molecular weight excluding hydrogens is 485 g/mol. The summed E-state index contributed by atoms with van der Waals surface area (Å²) < 4.78 is 5.98. The van der Waals surface area contributed by atoms with Crippen LogP contribution in [0.25, 0.3) is 10.2 Å². The Balaban J connectivity index is 0.00000272. The van der Waals surface area contributed by atoms with E-state index < -0.39 is 6.23 Å². The van der Waals surface area contributed by atoms with E-state index in [-0.39, 0.29) is 35.4 Å². The topological polar surface area (TPSA) is 97.8 Å². The molecule has 7 nitrogen and oxygen atoms in total. The zero-order chi connectivity index (χ0) is 22.2. The Labute approximate surface area is 210 Å². The second-order valence-corrected chi connectivity index (χ2v) is 8.66. The average molecular weight is 519 g/mol. The van der Waals surface area contributed by atoms with Crippen LogP contribution in [-0.4, -0.2) is 53.3 Å². The molecule has 0 aliphatic heterocycles. The lowest BCUT2D eigenvalue weighted by molar-refractivity contribution is 0.0579. The number of phenolic OH excluding ortho intramolecular Hbond substituents is 1. The fraction of sp³-hybridized carbons (Fsp3) is 0.435. The summed E-state index contributed by atoms with van der Waals surface area (Å²) in [5, 5.41) is 23.5. The first-order valence-corrected chi connectivity index (χ1v) is 11.4. The van der Waals surface area contributed by atoms with E-state index in [1.165, 1.54) is 11.1 Å². The SMILES string of the molecule is CCCN(COC)Cc1cccc(CCNC(O)Cc2ccc(O)c3[nH]c(=O)sc23)c1.Cl.Cl. The average Bonchev–Trinajstić information content (AvgIpc) is 3.14. The highest BCUT2D eigenvalue weighted by Gasteiger charge is 2.13. The summed E-state index contributed by atoms with van der Waals surface area (Å²) in [4.78, 5) is 16.3. The fourth-order valence-corrected chi connectivity index (χ4v) is 4.61. The predicted octanol–water partition coefficient (Wildman–Crippen LogP) is 3.65. The van der Waals surface area contributed by atoms with Crippen LogP contribution in [0.2, 0.25) is 0 Å². The van der Waals surface area contributed by atoms with E-state index in [0.29, 0.717) is 29.9 Å². The number of nitrogens with one attached hydrogen (secondary N) is 2. The van der Waals surface area contributed by atoms with Gasteiger partial charge in [0.2, 0.25) is 0 Å². The van der Waals surface area contributed by atoms with E-state index in [1.807, 2.05) is 0 Å². The number of aromatic amines is 1. The van der Waals surface area contributed by atoms with Gasteiger partial charge in [-0.25, -0.2) is 0 Å². The molecule has 0 spiro atoms. The molecule has 1 atom stereocenters. The Bertz CT molecular complexity index is 1040. The zero-order valence-corrected chi connectivity index (χ0v) is 21.3. The Kier molecular flexibility index (Phi) is 13.0. The van der Waals surface area contributed by atoms with E-state index in [1.54, 1.807) is 19.2 Å². The molecule has 2 aromatic carbocycles. The number of fused-ring (bicyclic) bond motifs is 1. The number of ether oxygens (including phenoxy) is 1. The smallest absolute Gasteiger partial charge is 0.305 e. The van der Waals surface area contributed by atoms with Gasteiger partial charge < -0.3 is 19.9 Å². The van der Waals surface area contributed by atoms with Gasteiger partial charge in [0.05, 0.1) is 11.4 Å². The van der Waals surface area contributed by atoms with Crippen LogP contribution in [0.5, 0.6) is 5.75 Å². The Morgan fingerprint density at radius 1 is 1.21 bits per heavy atom. The van der Waals surface area contributed by atoms with Crippen molar-refractivity contribution < 1.29 is 14.9 Å². The molecule has 0 saturated carbocycles. The van der Waals surface area contributed by atoms with Crippen molar-refractivity contribution in [2.45, 2.75) is 39.0 Å². The van der Waals surface area contributed by atoms with E-state index in [9.17, 15) is 15.0 Å². The first-order valence-electron chi connectivity index (χ1n) is 10.5. The third kappa shape index (κ3) is 8.57. The Morgan fingerprint density at radius 2 is 1.97 bits per heavy atom. The largest absolute Gasteiger partial charge is 0.506 e. The first kappa shape index (κ1) is 29.4. The van der Waals surface area contributed by atoms with Gasteiger partial charge in [0, 0.05) is 33.2 Å². The normalized spacial score (nSPS) is 11.9. The van der Waals surface area contributed by atoms with Crippen LogP contribution in [0.15, 0.2) is 41.2 Å². The molecule has 0 bridgehead atoms. The van der Waals surface area contributed by atoms with Crippen molar-refractivity contribution >= 4 is 46.4 Å². The molecule has 1 aromatic heterocycles. The van der Waals surface area contributed by atoms with Crippen molar-refractivity contribution in [3.8, 4) is 5.75 Å². The number of aliphatic hydroxyl groups is 1. The van der Waals surface area contributed by atoms with Crippen molar-refractivity contribution in [1.29, 1.82) is 0 Å². The molecule has 0 radical (unpaired) electrons. The molecule has 3 aromatic rings. The van der Waals surface area contributed by atoms with Gasteiger partial charge in [-0.05, 0) is 35.6 Å². The number of hydrogen-bond acceptors (Lipinski definition) is 7. The molecule has 0 amide bonds. The minimum atomic E-state index is -0.741. The molecule has 0 aliphatic carbocycles. The van der Waals surface area contributed by atoms with Crippen molar-refractivity contribution in [3.05, 3.63) is 62.8 Å². The minimum Gasteiger partial charge on any atom is -0.506 e. The van der Waals surface area contributed by atoms with Crippen LogP contribution < -0.4 is 10.2 Å². The maximum atomic E-state index is 11.6. The molecule has 10 heteroatoms. The van der Waals surface area contributed by atoms with E-state index in [4.69, 9.17) is 4.74 Å². The van der Waals surface area contributed by atoms with Gasteiger partial charge in [-0.2, -0.15) is 0 Å². The van der Waals surface area contributed by atoms with Crippen LogP contribution in [-0.2, 0) is 24.1 Å². The van der Waals surface area contributed by atoms with Gasteiger partial charge in [0.25, 0.3) is 0 Å². The summed E-state index contributed by atoms with van der Waals surface area (Å²) in [7, 11) is 1.72. The summed E-state index contributed by atoms with van der Waals surface area (Å²) in [5.41, 5.74) is 3.72.